The van der Waals surface area contributed by atoms with Crippen LogP contribution in [0.5, 0.6) is 5.88 Å². The van der Waals surface area contributed by atoms with E-state index in [1.165, 1.54) is 0 Å². The number of fused-ring (bicyclic) bond motifs is 2. The van der Waals surface area contributed by atoms with Gasteiger partial charge in [0.05, 0.1) is 6.20 Å². The molecule has 0 bridgehead atoms. The summed E-state index contributed by atoms with van der Waals surface area (Å²) in [5.41, 5.74) is 9.03. The van der Waals surface area contributed by atoms with E-state index in [1.54, 1.807) is 12.4 Å². The summed E-state index contributed by atoms with van der Waals surface area (Å²) in [7, 11) is 0. The Labute approximate surface area is 162 Å². The molecule has 140 valence electrons. The largest absolute Gasteiger partial charge is 0.474 e. The third kappa shape index (κ3) is 2.60. The Kier molecular flexibility index (Phi) is 3.79. The number of allylic oxidation sites excluding steroid dienone is 1. The molecular formula is C22H20N4O2. The molecule has 5 rings (SSSR count). The Morgan fingerprint density at radius 1 is 1.18 bits per heavy atom. The monoisotopic (exact) mass is 372 g/mol. The van der Waals surface area contributed by atoms with Crippen LogP contribution in [0.4, 0.5) is 5.69 Å². The molecule has 0 unspecified atom stereocenters. The van der Waals surface area contributed by atoms with E-state index in [0.29, 0.717) is 18.9 Å². The van der Waals surface area contributed by atoms with E-state index in [9.17, 15) is 4.79 Å². The number of hydrogen-bond acceptors (Lipinski definition) is 5. The zero-order valence-corrected chi connectivity index (χ0v) is 15.8. The minimum absolute atomic E-state index is 0.145. The molecule has 1 aromatic carbocycles. The molecular weight excluding hydrogens is 352 g/mol. The summed E-state index contributed by atoms with van der Waals surface area (Å²) in [5.74, 6) is 0.799. The summed E-state index contributed by atoms with van der Waals surface area (Å²) in [6.07, 6.45) is 7.73. The first kappa shape index (κ1) is 16.7. The van der Waals surface area contributed by atoms with Crippen LogP contribution < -0.4 is 10.1 Å². The molecule has 0 atom stereocenters. The van der Waals surface area contributed by atoms with Gasteiger partial charge in [-0.3, -0.25) is 9.89 Å². The number of Topliss-reactive ketones (excluding diaryl/α,β-unsaturated/α-hetero) is 1. The smallest absolute Gasteiger partial charge is 0.237 e. The number of ketones is 1. The lowest BCUT2D eigenvalue weighted by molar-refractivity contribution is -0.112. The fourth-order valence-electron chi connectivity index (χ4n) is 4.03. The van der Waals surface area contributed by atoms with Crippen LogP contribution in [-0.4, -0.2) is 34.1 Å². The Morgan fingerprint density at radius 2 is 2.07 bits per heavy atom. The van der Waals surface area contributed by atoms with Crippen molar-refractivity contribution in [3.8, 4) is 17.0 Å². The van der Waals surface area contributed by atoms with E-state index in [1.807, 2.05) is 12.3 Å². The molecule has 0 saturated carbocycles. The lowest BCUT2D eigenvalue weighted by atomic mass is 9.93. The molecule has 3 heterocycles. The number of carbonyl (C=O) groups excluding carboxylic acids is 1. The lowest BCUT2D eigenvalue weighted by Crippen LogP contribution is -2.20. The molecule has 6 heteroatoms. The van der Waals surface area contributed by atoms with Gasteiger partial charge in [-0.05, 0) is 53.8 Å². The molecule has 3 aromatic rings. The second kappa shape index (κ2) is 6.34. The van der Waals surface area contributed by atoms with Gasteiger partial charge in [-0.15, -0.1) is 0 Å². The zero-order chi connectivity index (χ0) is 19.3. The second-order valence-electron chi connectivity index (χ2n) is 7.26. The van der Waals surface area contributed by atoms with Crippen molar-refractivity contribution < 1.29 is 9.53 Å². The van der Waals surface area contributed by atoms with Gasteiger partial charge in [0.15, 0.2) is 5.78 Å². The van der Waals surface area contributed by atoms with Crippen molar-refractivity contribution in [2.24, 2.45) is 0 Å². The van der Waals surface area contributed by atoms with Gasteiger partial charge in [0.1, 0.15) is 12.3 Å². The van der Waals surface area contributed by atoms with Gasteiger partial charge in [0.2, 0.25) is 5.88 Å². The van der Waals surface area contributed by atoms with Crippen molar-refractivity contribution in [2.45, 2.75) is 20.3 Å². The average molecular weight is 372 g/mol. The number of anilines is 1. The van der Waals surface area contributed by atoms with Crippen LogP contribution >= 0.6 is 0 Å². The molecule has 1 aliphatic heterocycles. The van der Waals surface area contributed by atoms with Gasteiger partial charge < -0.3 is 10.1 Å². The molecule has 1 aliphatic carbocycles. The number of H-pyrrole nitrogens is 1. The van der Waals surface area contributed by atoms with Gasteiger partial charge in [0, 0.05) is 42.1 Å². The van der Waals surface area contributed by atoms with Crippen molar-refractivity contribution in [1.82, 2.24) is 15.2 Å². The molecule has 28 heavy (non-hydrogen) atoms. The molecule has 2 aromatic heterocycles. The molecule has 0 radical (unpaired) electrons. The standard InChI is InChI=1S/C22H20N4O2/c1-12-5-15(19-11-24-22-21(13(19)2)23-3-4-28-22)7-17-16(12)8-20(27)18(17)6-14-9-25-26-10-14/h5-7,9-11,23H,3-4,8H2,1-2H3,(H,25,26)/b18-6-. The second-order valence-corrected chi connectivity index (χ2v) is 7.26. The summed E-state index contributed by atoms with van der Waals surface area (Å²) in [5, 5.41) is 10.2. The number of nitrogens with zero attached hydrogens (tertiary/aromatic N) is 2. The van der Waals surface area contributed by atoms with Crippen LogP contribution in [0.1, 0.15) is 27.8 Å². The molecule has 0 spiro atoms. The number of nitrogens with one attached hydrogen (secondary N) is 2. The maximum Gasteiger partial charge on any atom is 0.237 e. The van der Waals surface area contributed by atoms with Gasteiger partial charge in [-0.2, -0.15) is 5.10 Å². The predicted octanol–water partition coefficient (Wildman–Crippen LogP) is 3.56. The van der Waals surface area contributed by atoms with Crippen LogP contribution in [0.15, 0.2) is 30.7 Å². The van der Waals surface area contributed by atoms with Gasteiger partial charge in [-0.1, -0.05) is 6.07 Å². The van der Waals surface area contributed by atoms with E-state index in [-0.39, 0.29) is 5.78 Å². The van der Waals surface area contributed by atoms with Crippen molar-refractivity contribution in [3.05, 3.63) is 58.5 Å². The number of hydrogen-bond donors (Lipinski definition) is 2. The predicted molar refractivity (Wildman–Crippen MR) is 108 cm³/mol. The van der Waals surface area contributed by atoms with Gasteiger partial charge in [-0.25, -0.2) is 4.98 Å². The SMILES string of the molecule is Cc1cc(-c2cnc3c(c2C)NCCO3)cc2c1CC(=O)/C2=C\c1cn[nH]c1. The van der Waals surface area contributed by atoms with E-state index < -0.39 is 0 Å². The molecule has 0 fully saturated rings. The van der Waals surface area contributed by atoms with Gasteiger partial charge >= 0.3 is 0 Å². The minimum atomic E-state index is 0.145. The molecule has 2 aliphatic rings. The van der Waals surface area contributed by atoms with Crippen LogP contribution in [-0.2, 0) is 11.2 Å². The summed E-state index contributed by atoms with van der Waals surface area (Å²) in [4.78, 5) is 17.2. The average Bonchev–Trinajstić information content (AvgIpc) is 3.32. The Balaban J connectivity index is 1.66. The van der Waals surface area contributed by atoms with Crippen LogP contribution in [0.3, 0.4) is 0 Å². The zero-order valence-electron chi connectivity index (χ0n) is 15.8. The highest BCUT2D eigenvalue weighted by Gasteiger charge is 2.27. The van der Waals surface area contributed by atoms with E-state index in [4.69, 9.17) is 4.74 Å². The topological polar surface area (TPSA) is 79.9 Å². The molecule has 0 saturated heterocycles. The summed E-state index contributed by atoms with van der Waals surface area (Å²) in [6.45, 7) is 5.54. The van der Waals surface area contributed by atoms with E-state index in [2.05, 4.69) is 46.5 Å². The summed E-state index contributed by atoms with van der Waals surface area (Å²) < 4.78 is 5.65. The number of aromatic amines is 1. The van der Waals surface area contributed by atoms with Crippen LogP contribution in [0.25, 0.3) is 22.8 Å². The Bertz CT molecular complexity index is 1130. The number of ether oxygens (including phenoxy) is 1. The van der Waals surface area contributed by atoms with E-state index >= 15 is 0 Å². The fraction of sp³-hybridized carbons (Fsp3) is 0.227. The van der Waals surface area contributed by atoms with Crippen LogP contribution in [0.2, 0.25) is 0 Å². The number of pyridine rings is 1. The maximum atomic E-state index is 12.7. The quantitative estimate of drug-likeness (QED) is 0.673. The Hall–Kier alpha value is -3.41. The fourth-order valence-corrected chi connectivity index (χ4v) is 4.03. The molecule has 2 N–H and O–H groups in total. The normalized spacial score (nSPS) is 16.5. The number of aryl methyl sites for hydroxylation is 1. The summed E-state index contributed by atoms with van der Waals surface area (Å²) >= 11 is 0. The summed E-state index contributed by atoms with van der Waals surface area (Å²) in [6, 6.07) is 4.26. The molecule has 0 amide bonds. The third-order valence-electron chi connectivity index (χ3n) is 5.49. The highest BCUT2D eigenvalue weighted by molar-refractivity contribution is 6.29. The lowest BCUT2D eigenvalue weighted by Gasteiger charge is -2.22. The van der Waals surface area contributed by atoms with Crippen molar-refractivity contribution in [2.75, 3.05) is 18.5 Å². The van der Waals surface area contributed by atoms with E-state index in [0.717, 1.165) is 56.7 Å². The maximum absolute atomic E-state index is 12.7. The highest BCUT2D eigenvalue weighted by Crippen LogP contribution is 2.40. The van der Waals surface area contributed by atoms with Crippen molar-refractivity contribution in [3.63, 3.8) is 0 Å². The first-order valence-corrected chi connectivity index (χ1v) is 9.36. The third-order valence-corrected chi connectivity index (χ3v) is 5.49. The minimum Gasteiger partial charge on any atom is -0.474 e. The van der Waals surface area contributed by atoms with Crippen molar-refractivity contribution in [1.29, 1.82) is 0 Å². The first-order valence-electron chi connectivity index (χ1n) is 9.36. The number of carbonyl (C=O) groups is 1. The number of benzene rings is 1. The first-order chi connectivity index (χ1) is 13.6. The van der Waals surface area contributed by atoms with Crippen LogP contribution in [0, 0.1) is 13.8 Å². The highest BCUT2D eigenvalue weighted by atomic mass is 16.5. The molecule has 6 nitrogen and oxygen atoms in total. The number of rotatable bonds is 2. The van der Waals surface area contributed by atoms with Crippen molar-refractivity contribution >= 4 is 23.1 Å². The Morgan fingerprint density at radius 3 is 2.89 bits per heavy atom. The number of aromatic nitrogens is 3. The van der Waals surface area contributed by atoms with Gasteiger partial charge in [0.25, 0.3) is 0 Å².